The van der Waals surface area contributed by atoms with E-state index < -0.39 is 29.6 Å². The number of methoxy groups -OCH3 is 1. The largest absolute Gasteiger partial charge is 0.482 e. The molecule has 200 valence electrons. The van der Waals surface area contributed by atoms with E-state index in [1.54, 1.807) is 28.8 Å². The van der Waals surface area contributed by atoms with E-state index in [9.17, 15) is 23.6 Å². The van der Waals surface area contributed by atoms with Crippen LogP contribution in [0.5, 0.6) is 5.75 Å². The lowest BCUT2D eigenvalue weighted by Gasteiger charge is -2.24. The number of benzene rings is 2. The van der Waals surface area contributed by atoms with Gasteiger partial charge in [-0.25, -0.2) is 9.18 Å². The van der Waals surface area contributed by atoms with Gasteiger partial charge in [0, 0.05) is 36.3 Å². The van der Waals surface area contributed by atoms with Crippen LogP contribution in [0.2, 0.25) is 5.02 Å². The van der Waals surface area contributed by atoms with Crippen molar-refractivity contribution < 1.29 is 33.0 Å². The van der Waals surface area contributed by atoms with E-state index in [1.807, 2.05) is 0 Å². The van der Waals surface area contributed by atoms with Crippen LogP contribution in [0.4, 0.5) is 4.39 Å². The molecule has 1 unspecified atom stereocenters. The van der Waals surface area contributed by atoms with Gasteiger partial charge < -0.3 is 30.0 Å². The van der Waals surface area contributed by atoms with Crippen molar-refractivity contribution in [3.63, 3.8) is 0 Å². The fourth-order valence-electron chi connectivity index (χ4n) is 4.45. The molecule has 4 rings (SSSR count). The summed E-state index contributed by atoms with van der Waals surface area (Å²) < 4.78 is 25.7. The number of carbonyl (C=O) groups is 4. The second-order valence-electron chi connectivity index (χ2n) is 8.75. The number of esters is 1. The van der Waals surface area contributed by atoms with Gasteiger partial charge in [0.15, 0.2) is 6.61 Å². The summed E-state index contributed by atoms with van der Waals surface area (Å²) in [5.74, 6) is -2.25. The molecule has 1 aliphatic rings. The first kappa shape index (κ1) is 26.9. The number of primary amides is 1. The number of hydrogen-bond acceptors (Lipinski definition) is 6. The zero-order valence-electron chi connectivity index (χ0n) is 20.5. The molecule has 12 heteroatoms. The number of nitrogens with zero attached hydrogens (tertiary/aromatic N) is 2. The van der Waals surface area contributed by atoms with Gasteiger partial charge in [-0.3, -0.25) is 14.4 Å². The van der Waals surface area contributed by atoms with E-state index in [1.165, 1.54) is 30.3 Å². The van der Waals surface area contributed by atoms with Crippen molar-refractivity contribution >= 4 is 46.2 Å². The number of likely N-dealkylation sites (tertiary alicyclic amines) is 1. The molecule has 38 heavy (non-hydrogen) atoms. The standard InChI is InChI=1S/C26H26ClFN4O6/c1-37-23(34)14-38-16-7-8-17-18(25(29)35)12-31(21(17)10-16)13-22(33)32-9-3-6-20(32)26(36)30-11-15-4-2-5-19(27)24(15)28/h2,4-5,7-8,10,12,20H,3,6,9,11,13-14H2,1H3,(H2,29,35)(H,30,36). The molecular formula is C26H26ClFN4O6. The lowest BCUT2D eigenvalue weighted by Crippen LogP contribution is -2.46. The smallest absolute Gasteiger partial charge is 0.343 e. The first-order chi connectivity index (χ1) is 18.2. The molecule has 3 amide bonds. The SMILES string of the molecule is COC(=O)COc1ccc2c(C(N)=O)cn(CC(=O)N3CCCC3C(=O)NCc3cccc(Cl)c3F)c2c1. The number of halogens is 2. The van der Waals surface area contributed by atoms with Crippen LogP contribution >= 0.6 is 11.6 Å². The minimum atomic E-state index is -0.721. The van der Waals surface area contributed by atoms with Gasteiger partial charge in [-0.15, -0.1) is 0 Å². The number of nitrogens with two attached hydrogens (primary N) is 1. The Morgan fingerprint density at radius 3 is 2.74 bits per heavy atom. The minimum Gasteiger partial charge on any atom is -0.482 e. The highest BCUT2D eigenvalue weighted by atomic mass is 35.5. The predicted octanol–water partition coefficient (Wildman–Crippen LogP) is 2.39. The lowest BCUT2D eigenvalue weighted by atomic mass is 10.1. The van der Waals surface area contributed by atoms with Crippen molar-refractivity contribution in [2.24, 2.45) is 5.73 Å². The van der Waals surface area contributed by atoms with Crippen molar-refractivity contribution in [2.75, 3.05) is 20.3 Å². The van der Waals surface area contributed by atoms with Gasteiger partial charge in [-0.2, -0.15) is 0 Å². The average Bonchev–Trinajstić information content (AvgIpc) is 3.53. The summed E-state index contributed by atoms with van der Waals surface area (Å²) in [4.78, 5) is 51.1. The highest BCUT2D eigenvalue weighted by Gasteiger charge is 2.34. The summed E-state index contributed by atoms with van der Waals surface area (Å²) in [6, 6.07) is 8.59. The van der Waals surface area contributed by atoms with Crippen molar-refractivity contribution in [3.05, 3.63) is 64.6 Å². The van der Waals surface area contributed by atoms with Crippen LogP contribution in [-0.4, -0.2) is 59.5 Å². The zero-order chi connectivity index (χ0) is 27.4. The molecule has 10 nitrogen and oxygen atoms in total. The molecule has 0 saturated carbocycles. The maximum atomic E-state index is 14.2. The second kappa shape index (κ2) is 11.5. The molecule has 3 aromatic rings. The molecule has 0 bridgehead atoms. The summed E-state index contributed by atoms with van der Waals surface area (Å²) in [5.41, 5.74) is 6.48. The van der Waals surface area contributed by atoms with E-state index >= 15 is 0 Å². The van der Waals surface area contributed by atoms with Crippen LogP contribution < -0.4 is 15.8 Å². The summed E-state index contributed by atoms with van der Waals surface area (Å²) >= 11 is 5.81. The fraction of sp³-hybridized carbons (Fsp3) is 0.308. The molecule has 0 radical (unpaired) electrons. The van der Waals surface area contributed by atoms with E-state index in [-0.39, 0.29) is 41.8 Å². The van der Waals surface area contributed by atoms with Gasteiger partial charge in [0.2, 0.25) is 11.8 Å². The van der Waals surface area contributed by atoms with E-state index in [2.05, 4.69) is 10.1 Å². The Hall–Kier alpha value is -4.12. The third-order valence-corrected chi connectivity index (χ3v) is 6.66. The Morgan fingerprint density at radius 1 is 1.21 bits per heavy atom. The molecule has 3 N–H and O–H groups in total. The predicted molar refractivity (Wildman–Crippen MR) is 136 cm³/mol. The van der Waals surface area contributed by atoms with Crippen LogP contribution in [0.1, 0.15) is 28.8 Å². The fourth-order valence-corrected chi connectivity index (χ4v) is 4.64. The van der Waals surface area contributed by atoms with E-state index in [0.29, 0.717) is 36.0 Å². The summed E-state index contributed by atoms with van der Waals surface area (Å²) in [5, 5.41) is 3.16. The Kier molecular flexibility index (Phi) is 8.16. The van der Waals surface area contributed by atoms with Gasteiger partial charge in [0.05, 0.1) is 23.2 Å². The maximum absolute atomic E-state index is 14.2. The first-order valence-electron chi connectivity index (χ1n) is 11.8. The number of aromatic nitrogens is 1. The summed E-state index contributed by atoms with van der Waals surface area (Å²) in [6.45, 7) is -0.176. The average molecular weight is 545 g/mol. The Bertz CT molecular complexity index is 1410. The lowest BCUT2D eigenvalue weighted by molar-refractivity contribution is -0.142. The number of amides is 3. The van der Waals surface area contributed by atoms with Crippen LogP contribution in [0.3, 0.4) is 0 Å². The molecule has 0 aliphatic carbocycles. The van der Waals surface area contributed by atoms with Crippen LogP contribution in [-0.2, 0) is 32.2 Å². The van der Waals surface area contributed by atoms with Crippen LogP contribution in [0, 0.1) is 5.82 Å². The second-order valence-corrected chi connectivity index (χ2v) is 9.16. The number of rotatable bonds is 9. The van der Waals surface area contributed by atoms with Gasteiger partial charge in [-0.1, -0.05) is 23.7 Å². The Balaban J connectivity index is 1.50. The van der Waals surface area contributed by atoms with Gasteiger partial charge >= 0.3 is 5.97 Å². The third-order valence-electron chi connectivity index (χ3n) is 6.37. The molecule has 1 fully saturated rings. The third kappa shape index (κ3) is 5.72. The van der Waals surface area contributed by atoms with E-state index in [4.69, 9.17) is 22.1 Å². The highest BCUT2D eigenvalue weighted by molar-refractivity contribution is 6.30. The van der Waals surface area contributed by atoms with Gasteiger partial charge in [0.1, 0.15) is 24.2 Å². The van der Waals surface area contributed by atoms with Crippen LogP contribution in [0.25, 0.3) is 10.9 Å². The van der Waals surface area contributed by atoms with Crippen molar-refractivity contribution in [2.45, 2.75) is 32.0 Å². The van der Waals surface area contributed by atoms with Crippen molar-refractivity contribution in [1.82, 2.24) is 14.8 Å². The first-order valence-corrected chi connectivity index (χ1v) is 12.2. The molecule has 2 heterocycles. The molecule has 1 aliphatic heterocycles. The molecule has 2 aromatic carbocycles. The Labute approximate surface area is 222 Å². The monoisotopic (exact) mass is 544 g/mol. The Morgan fingerprint density at radius 2 is 2.00 bits per heavy atom. The zero-order valence-corrected chi connectivity index (χ0v) is 21.3. The van der Waals surface area contributed by atoms with Crippen molar-refractivity contribution in [1.29, 1.82) is 0 Å². The number of ether oxygens (including phenoxy) is 2. The van der Waals surface area contributed by atoms with Crippen LogP contribution in [0.15, 0.2) is 42.6 Å². The molecule has 1 aromatic heterocycles. The summed E-state index contributed by atoms with van der Waals surface area (Å²) in [6.07, 6.45) is 2.56. The van der Waals surface area contributed by atoms with Gasteiger partial charge in [-0.05, 0) is 31.0 Å². The molecule has 1 saturated heterocycles. The number of fused-ring (bicyclic) bond motifs is 1. The summed E-state index contributed by atoms with van der Waals surface area (Å²) in [7, 11) is 1.24. The minimum absolute atomic E-state index is 0.0393. The number of nitrogens with one attached hydrogen (secondary N) is 1. The molecule has 0 spiro atoms. The highest BCUT2D eigenvalue weighted by Crippen LogP contribution is 2.27. The van der Waals surface area contributed by atoms with E-state index in [0.717, 1.165) is 0 Å². The van der Waals surface area contributed by atoms with Gasteiger partial charge in [0.25, 0.3) is 5.91 Å². The number of hydrogen-bond donors (Lipinski definition) is 2. The molecule has 1 atom stereocenters. The number of carbonyl (C=O) groups excluding carboxylic acids is 4. The topological polar surface area (TPSA) is 133 Å². The maximum Gasteiger partial charge on any atom is 0.343 e. The molecular weight excluding hydrogens is 519 g/mol. The normalized spacial score (nSPS) is 14.9. The van der Waals surface area contributed by atoms with Crippen molar-refractivity contribution in [3.8, 4) is 5.75 Å². The quantitative estimate of drug-likeness (QED) is 0.397.